The first kappa shape index (κ1) is 22.3. The Hall–Kier alpha value is -3.41. The first-order valence-corrected chi connectivity index (χ1v) is 11.3. The van der Waals surface area contributed by atoms with Crippen molar-refractivity contribution in [2.45, 2.75) is 11.8 Å². The monoisotopic (exact) mass is 496 g/mol. The van der Waals surface area contributed by atoms with Gasteiger partial charge in [-0.15, -0.1) is 0 Å². The van der Waals surface area contributed by atoms with E-state index in [9.17, 15) is 18.5 Å². The quantitative estimate of drug-likeness (QED) is 0.292. The van der Waals surface area contributed by atoms with Crippen LogP contribution in [-0.4, -0.2) is 14.3 Å². The van der Waals surface area contributed by atoms with Crippen molar-refractivity contribution in [3.63, 3.8) is 0 Å². The van der Waals surface area contributed by atoms with Crippen LogP contribution in [-0.2, 0) is 14.9 Å². The van der Waals surface area contributed by atoms with E-state index in [0.29, 0.717) is 11.3 Å². The van der Waals surface area contributed by atoms with Gasteiger partial charge in [-0.3, -0.25) is 4.79 Å². The molecule has 6 nitrogen and oxygen atoms in total. The summed E-state index contributed by atoms with van der Waals surface area (Å²) in [6, 6.07) is 21.2. The molecule has 0 heterocycles. The van der Waals surface area contributed by atoms with Crippen molar-refractivity contribution in [1.82, 2.24) is 0 Å². The van der Waals surface area contributed by atoms with E-state index in [1.807, 2.05) is 13.0 Å². The van der Waals surface area contributed by atoms with Gasteiger partial charge in [0.1, 0.15) is 22.3 Å². The molecule has 3 aromatic rings. The smallest absolute Gasteiger partial charge is 0.339 e. The number of rotatable bonds is 6. The first-order valence-electron chi connectivity index (χ1n) is 9.07. The number of benzene rings is 3. The summed E-state index contributed by atoms with van der Waals surface area (Å²) in [5.41, 5.74) is 1.94. The molecule has 0 aliphatic rings. The van der Waals surface area contributed by atoms with E-state index in [1.165, 1.54) is 30.3 Å². The Morgan fingerprint density at radius 1 is 1.00 bits per heavy atom. The molecule has 0 aromatic heterocycles. The number of anilines is 1. The highest BCUT2D eigenvalue weighted by Gasteiger charge is 2.16. The molecule has 0 spiro atoms. The molecule has 31 heavy (non-hydrogen) atoms. The molecule has 1 amide bonds. The summed E-state index contributed by atoms with van der Waals surface area (Å²) in [6.07, 6.45) is 1.41. The van der Waals surface area contributed by atoms with E-state index < -0.39 is 16.0 Å². The second-order valence-corrected chi connectivity index (χ2v) is 9.01. The molecule has 0 unspecified atom stereocenters. The lowest BCUT2D eigenvalue weighted by molar-refractivity contribution is -0.112. The SMILES string of the molecule is Cc1ccc(S(=O)(=O)Oc2ccc(/C=C(\C#N)C(=O)Nc3ccc(Br)cc3)cc2)cc1. The van der Waals surface area contributed by atoms with Crippen molar-refractivity contribution in [3.05, 3.63) is 94.0 Å². The third kappa shape index (κ3) is 6.04. The maximum atomic E-state index is 12.4. The third-order valence-corrected chi connectivity index (χ3v) is 5.96. The van der Waals surface area contributed by atoms with Crippen LogP contribution in [0.4, 0.5) is 5.69 Å². The number of hydrogen-bond acceptors (Lipinski definition) is 5. The number of halogens is 1. The van der Waals surface area contributed by atoms with E-state index in [2.05, 4.69) is 21.2 Å². The highest BCUT2D eigenvalue weighted by Crippen LogP contribution is 2.21. The number of nitrogens with zero attached hydrogens (tertiary/aromatic N) is 1. The Kier molecular flexibility index (Phi) is 6.90. The largest absolute Gasteiger partial charge is 0.379 e. The molecule has 8 heteroatoms. The standard InChI is InChI=1S/C23H17BrN2O4S/c1-16-2-12-22(13-3-16)31(28,29)30-21-10-4-17(5-11-21)14-18(15-25)23(27)26-20-8-6-19(24)7-9-20/h2-14H,1H3,(H,26,27)/b18-14+. The maximum Gasteiger partial charge on any atom is 0.339 e. The van der Waals surface area contributed by atoms with E-state index in [-0.39, 0.29) is 16.2 Å². The van der Waals surface area contributed by atoms with Gasteiger partial charge in [0.25, 0.3) is 5.91 Å². The molecule has 3 aromatic carbocycles. The molecule has 0 saturated heterocycles. The van der Waals surface area contributed by atoms with Crippen LogP contribution in [0.3, 0.4) is 0 Å². The molecule has 0 aliphatic carbocycles. The van der Waals surface area contributed by atoms with Gasteiger partial charge in [0.05, 0.1) is 0 Å². The van der Waals surface area contributed by atoms with Crippen LogP contribution in [0.1, 0.15) is 11.1 Å². The zero-order valence-electron chi connectivity index (χ0n) is 16.4. The average Bonchev–Trinajstić information content (AvgIpc) is 2.75. The highest BCUT2D eigenvalue weighted by molar-refractivity contribution is 9.10. The molecule has 0 saturated carbocycles. The molecule has 0 aliphatic heterocycles. The van der Waals surface area contributed by atoms with E-state index >= 15 is 0 Å². The minimum Gasteiger partial charge on any atom is -0.379 e. The number of hydrogen-bond donors (Lipinski definition) is 1. The van der Waals surface area contributed by atoms with Crippen LogP contribution in [0.25, 0.3) is 6.08 Å². The predicted octanol–water partition coefficient (Wildman–Crippen LogP) is 5.07. The Bertz CT molecular complexity index is 1260. The predicted molar refractivity (Wildman–Crippen MR) is 122 cm³/mol. The van der Waals surface area contributed by atoms with Crippen molar-refractivity contribution in [2.24, 2.45) is 0 Å². The second-order valence-electron chi connectivity index (χ2n) is 6.55. The van der Waals surface area contributed by atoms with Crippen LogP contribution in [0.5, 0.6) is 5.75 Å². The Labute approximate surface area is 189 Å². The lowest BCUT2D eigenvalue weighted by Crippen LogP contribution is -2.13. The van der Waals surface area contributed by atoms with Crippen LogP contribution in [0, 0.1) is 18.3 Å². The molecule has 0 bridgehead atoms. The van der Waals surface area contributed by atoms with Gasteiger partial charge in [0.2, 0.25) is 0 Å². The van der Waals surface area contributed by atoms with E-state index in [1.54, 1.807) is 48.5 Å². The molecule has 1 N–H and O–H groups in total. The van der Waals surface area contributed by atoms with Crippen LogP contribution in [0.15, 0.2) is 87.7 Å². The molecule has 156 valence electrons. The summed E-state index contributed by atoms with van der Waals surface area (Å²) < 4.78 is 30.8. The second kappa shape index (κ2) is 9.60. The van der Waals surface area contributed by atoms with Crippen LogP contribution >= 0.6 is 15.9 Å². The third-order valence-electron chi connectivity index (χ3n) is 4.17. The molecule has 0 radical (unpaired) electrons. The topological polar surface area (TPSA) is 96.3 Å². The van der Waals surface area contributed by atoms with E-state index in [4.69, 9.17) is 4.18 Å². The van der Waals surface area contributed by atoms with E-state index in [0.717, 1.165) is 10.0 Å². The number of aryl methyl sites for hydroxylation is 1. The zero-order chi connectivity index (χ0) is 22.4. The van der Waals surface area contributed by atoms with Gasteiger partial charge in [-0.05, 0) is 67.1 Å². The van der Waals surface area contributed by atoms with Crippen molar-refractivity contribution >= 4 is 43.7 Å². The Balaban J connectivity index is 1.72. The maximum absolute atomic E-state index is 12.4. The molecule has 0 atom stereocenters. The lowest BCUT2D eigenvalue weighted by Gasteiger charge is -2.08. The van der Waals surface area contributed by atoms with Crippen molar-refractivity contribution in [3.8, 4) is 11.8 Å². The minimum absolute atomic E-state index is 0.0541. The van der Waals surface area contributed by atoms with Gasteiger partial charge in [-0.25, -0.2) is 0 Å². The van der Waals surface area contributed by atoms with Gasteiger partial charge in [-0.1, -0.05) is 45.8 Å². The summed E-state index contributed by atoms with van der Waals surface area (Å²) in [5, 5.41) is 12.0. The van der Waals surface area contributed by atoms with Crippen molar-refractivity contribution < 1.29 is 17.4 Å². The van der Waals surface area contributed by atoms with Gasteiger partial charge < -0.3 is 9.50 Å². The summed E-state index contributed by atoms with van der Waals surface area (Å²) >= 11 is 3.31. The fourth-order valence-electron chi connectivity index (χ4n) is 2.55. The number of nitriles is 1. The highest BCUT2D eigenvalue weighted by atomic mass is 79.9. The lowest BCUT2D eigenvalue weighted by atomic mass is 10.1. The molecular formula is C23H17BrN2O4S. The number of amides is 1. The summed E-state index contributed by atoms with van der Waals surface area (Å²) in [5.74, 6) is -0.428. The van der Waals surface area contributed by atoms with Gasteiger partial charge in [-0.2, -0.15) is 13.7 Å². The van der Waals surface area contributed by atoms with Gasteiger partial charge >= 0.3 is 10.1 Å². The number of nitrogens with one attached hydrogen (secondary N) is 1. The zero-order valence-corrected chi connectivity index (χ0v) is 18.8. The Morgan fingerprint density at radius 2 is 1.61 bits per heavy atom. The van der Waals surface area contributed by atoms with Crippen LogP contribution in [0.2, 0.25) is 0 Å². The number of carbonyl (C=O) groups excluding carboxylic acids is 1. The van der Waals surface area contributed by atoms with Crippen molar-refractivity contribution in [1.29, 1.82) is 5.26 Å². The average molecular weight is 497 g/mol. The minimum atomic E-state index is -3.96. The first-order chi connectivity index (χ1) is 14.8. The Morgan fingerprint density at radius 3 is 2.19 bits per heavy atom. The molecular weight excluding hydrogens is 480 g/mol. The summed E-state index contributed by atoms with van der Waals surface area (Å²) in [6.45, 7) is 1.86. The van der Waals surface area contributed by atoms with Gasteiger partial charge in [0.15, 0.2) is 0 Å². The van der Waals surface area contributed by atoms with Crippen LogP contribution < -0.4 is 9.50 Å². The number of carbonyl (C=O) groups is 1. The molecule has 0 fully saturated rings. The molecule has 3 rings (SSSR count). The fourth-order valence-corrected chi connectivity index (χ4v) is 3.74. The van der Waals surface area contributed by atoms with Crippen molar-refractivity contribution in [2.75, 3.05) is 5.32 Å². The summed E-state index contributed by atoms with van der Waals surface area (Å²) in [4.78, 5) is 12.4. The van der Waals surface area contributed by atoms with Gasteiger partial charge in [0, 0.05) is 10.2 Å². The fraction of sp³-hybridized carbons (Fsp3) is 0.0435. The summed E-state index contributed by atoms with van der Waals surface area (Å²) in [7, 11) is -3.96. The normalized spacial score (nSPS) is 11.5.